The SMILES string of the molecule is CCC(C)C(=O)Nc1cccc(CNC(=O)C2(CN)CCOCC2)c1. The van der Waals surface area contributed by atoms with E-state index in [0.717, 1.165) is 17.7 Å². The molecule has 1 aliphatic rings. The minimum atomic E-state index is -0.527. The van der Waals surface area contributed by atoms with E-state index in [9.17, 15) is 9.59 Å². The first kappa shape index (κ1) is 19.4. The average Bonchev–Trinajstić information content (AvgIpc) is 2.66. The molecule has 1 aliphatic heterocycles. The number of carbonyl (C=O) groups excluding carboxylic acids is 2. The van der Waals surface area contributed by atoms with Gasteiger partial charge in [0, 0.05) is 37.9 Å². The number of ether oxygens (including phenoxy) is 1. The number of nitrogens with one attached hydrogen (secondary N) is 2. The van der Waals surface area contributed by atoms with E-state index in [1.165, 1.54) is 0 Å². The van der Waals surface area contributed by atoms with Crippen LogP contribution in [0, 0.1) is 11.3 Å². The molecule has 1 fully saturated rings. The molecule has 6 nitrogen and oxygen atoms in total. The van der Waals surface area contributed by atoms with Crippen molar-refractivity contribution in [2.24, 2.45) is 17.1 Å². The Morgan fingerprint density at radius 2 is 2.04 bits per heavy atom. The summed E-state index contributed by atoms with van der Waals surface area (Å²) >= 11 is 0. The van der Waals surface area contributed by atoms with Gasteiger partial charge in [-0.15, -0.1) is 0 Å². The second kappa shape index (κ2) is 8.97. The molecule has 1 unspecified atom stereocenters. The van der Waals surface area contributed by atoms with Gasteiger partial charge in [0.05, 0.1) is 5.41 Å². The molecule has 1 aromatic rings. The lowest BCUT2D eigenvalue weighted by molar-refractivity contribution is -0.136. The Morgan fingerprint density at radius 3 is 2.68 bits per heavy atom. The molecule has 2 rings (SSSR count). The molecule has 0 bridgehead atoms. The molecule has 4 N–H and O–H groups in total. The van der Waals surface area contributed by atoms with Gasteiger partial charge >= 0.3 is 0 Å². The number of hydrogen-bond acceptors (Lipinski definition) is 4. The van der Waals surface area contributed by atoms with E-state index in [2.05, 4.69) is 10.6 Å². The van der Waals surface area contributed by atoms with Crippen LogP contribution >= 0.6 is 0 Å². The van der Waals surface area contributed by atoms with Crippen LogP contribution in [0.2, 0.25) is 0 Å². The first-order valence-electron chi connectivity index (χ1n) is 8.96. The Balaban J connectivity index is 1.95. The Kier molecular flexibility index (Phi) is 6.96. The zero-order chi connectivity index (χ0) is 18.3. The summed E-state index contributed by atoms with van der Waals surface area (Å²) in [4.78, 5) is 24.6. The minimum Gasteiger partial charge on any atom is -0.381 e. The maximum Gasteiger partial charge on any atom is 0.227 e. The Labute approximate surface area is 149 Å². The van der Waals surface area contributed by atoms with Crippen LogP contribution < -0.4 is 16.4 Å². The molecule has 6 heteroatoms. The van der Waals surface area contributed by atoms with Crippen LogP contribution in [0.5, 0.6) is 0 Å². The smallest absolute Gasteiger partial charge is 0.227 e. The topological polar surface area (TPSA) is 93.5 Å². The van der Waals surface area contributed by atoms with Crippen molar-refractivity contribution in [1.29, 1.82) is 0 Å². The summed E-state index contributed by atoms with van der Waals surface area (Å²) < 4.78 is 5.34. The first-order valence-corrected chi connectivity index (χ1v) is 8.96. The molecule has 25 heavy (non-hydrogen) atoms. The third kappa shape index (κ3) is 5.03. The Morgan fingerprint density at radius 1 is 1.32 bits per heavy atom. The van der Waals surface area contributed by atoms with Crippen molar-refractivity contribution in [3.05, 3.63) is 29.8 Å². The van der Waals surface area contributed by atoms with Crippen molar-refractivity contribution in [3.63, 3.8) is 0 Å². The van der Waals surface area contributed by atoms with Crippen molar-refractivity contribution in [3.8, 4) is 0 Å². The second-order valence-electron chi connectivity index (χ2n) is 6.78. The minimum absolute atomic E-state index is 0.00739. The number of hydrogen-bond donors (Lipinski definition) is 3. The van der Waals surface area contributed by atoms with Crippen LogP contribution in [0.3, 0.4) is 0 Å². The highest BCUT2D eigenvalue weighted by Crippen LogP contribution is 2.29. The lowest BCUT2D eigenvalue weighted by atomic mass is 9.79. The highest BCUT2D eigenvalue weighted by Gasteiger charge is 2.38. The van der Waals surface area contributed by atoms with Crippen LogP contribution in [0.25, 0.3) is 0 Å². The molecule has 0 radical (unpaired) electrons. The fourth-order valence-corrected chi connectivity index (χ4v) is 2.87. The van der Waals surface area contributed by atoms with E-state index in [1.807, 2.05) is 38.1 Å². The molecule has 1 atom stereocenters. The molecule has 0 spiro atoms. The molecular weight excluding hydrogens is 318 g/mol. The Bertz CT molecular complexity index is 597. The summed E-state index contributed by atoms with van der Waals surface area (Å²) in [6.45, 7) is 5.77. The standard InChI is InChI=1S/C19H29N3O3/c1-3-14(2)17(23)22-16-6-4-5-15(11-16)12-21-18(24)19(13-20)7-9-25-10-8-19/h4-6,11,14H,3,7-10,12-13,20H2,1-2H3,(H,21,24)(H,22,23). The van der Waals surface area contributed by atoms with Crippen LogP contribution in [0.15, 0.2) is 24.3 Å². The molecule has 138 valence electrons. The van der Waals surface area contributed by atoms with Crippen molar-refractivity contribution in [2.75, 3.05) is 25.1 Å². The maximum absolute atomic E-state index is 12.6. The normalized spacial score (nSPS) is 17.6. The van der Waals surface area contributed by atoms with Crippen LogP contribution in [0.4, 0.5) is 5.69 Å². The number of nitrogens with two attached hydrogens (primary N) is 1. The number of anilines is 1. The number of amides is 2. The third-order valence-electron chi connectivity index (χ3n) is 5.03. The molecule has 0 aliphatic carbocycles. The number of carbonyl (C=O) groups is 2. The van der Waals surface area contributed by atoms with Crippen molar-refractivity contribution >= 4 is 17.5 Å². The average molecular weight is 347 g/mol. The molecule has 1 aromatic carbocycles. The van der Waals surface area contributed by atoms with Gasteiger partial charge in [-0.05, 0) is 37.0 Å². The molecule has 2 amide bonds. The summed E-state index contributed by atoms with van der Waals surface area (Å²) in [5, 5.41) is 5.90. The highest BCUT2D eigenvalue weighted by molar-refractivity contribution is 5.92. The van der Waals surface area contributed by atoms with Gasteiger partial charge in [0.15, 0.2) is 0 Å². The number of rotatable bonds is 7. The van der Waals surface area contributed by atoms with Crippen LogP contribution in [0.1, 0.15) is 38.7 Å². The van der Waals surface area contributed by atoms with Crippen LogP contribution in [-0.2, 0) is 20.9 Å². The summed E-state index contributed by atoms with van der Waals surface area (Å²) in [6.07, 6.45) is 2.10. The van der Waals surface area contributed by atoms with Gasteiger partial charge < -0.3 is 21.1 Å². The van der Waals surface area contributed by atoms with Gasteiger partial charge in [0.2, 0.25) is 11.8 Å². The fraction of sp³-hybridized carbons (Fsp3) is 0.579. The van der Waals surface area contributed by atoms with Crippen molar-refractivity contribution in [2.45, 2.75) is 39.7 Å². The molecular formula is C19H29N3O3. The van der Waals surface area contributed by atoms with E-state index in [1.54, 1.807) is 0 Å². The summed E-state index contributed by atoms with van der Waals surface area (Å²) in [5.41, 5.74) is 7.02. The van der Waals surface area contributed by atoms with Gasteiger partial charge in [-0.25, -0.2) is 0 Å². The number of benzene rings is 1. The van der Waals surface area contributed by atoms with Crippen molar-refractivity contribution < 1.29 is 14.3 Å². The lowest BCUT2D eigenvalue weighted by Crippen LogP contribution is -2.48. The van der Waals surface area contributed by atoms with Crippen molar-refractivity contribution in [1.82, 2.24) is 5.32 Å². The summed E-state index contributed by atoms with van der Waals surface area (Å²) in [5.74, 6) is -0.0402. The molecule has 1 heterocycles. The van der Waals surface area contributed by atoms with Gasteiger partial charge in [-0.2, -0.15) is 0 Å². The van der Waals surface area contributed by atoms with E-state index in [4.69, 9.17) is 10.5 Å². The fourth-order valence-electron chi connectivity index (χ4n) is 2.87. The highest BCUT2D eigenvalue weighted by atomic mass is 16.5. The quantitative estimate of drug-likeness (QED) is 0.704. The molecule has 0 aromatic heterocycles. The van der Waals surface area contributed by atoms with E-state index < -0.39 is 5.41 Å². The zero-order valence-electron chi connectivity index (χ0n) is 15.1. The van der Waals surface area contributed by atoms with E-state index >= 15 is 0 Å². The zero-order valence-corrected chi connectivity index (χ0v) is 15.1. The molecule has 0 saturated carbocycles. The van der Waals surface area contributed by atoms with Gasteiger partial charge in [0.1, 0.15) is 0 Å². The van der Waals surface area contributed by atoms with Gasteiger partial charge in [0.25, 0.3) is 0 Å². The lowest BCUT2D eigenvalue weighted by Gasteiger charge is -2.34. The largest absolute Gasteiger partial charge is 0.381 e. The van der Waals surface area contributed by atoms with E-state index in [0.29, 0.717) is 39.1 Å². The summed E-state index contributed by atoms with van der Waals surface area (Å²) in [6, 6.07) is 7.55. The van der Waals surface area contributed by atoms with E-state index in [-0.39, 0.29) is 17.7 Å². The monoisotopic (exact) mass is 347 g/mol. The predicted octanol–water partition coefficient (Wildman–Crippen LogP) is 2.04. The van der Waals surface area contributed by atoms with Gasteiger partial charge in [-0.1, -0.05) is 26.0 Å². The second-order valence-corrected chi connectivity index (χ2v) is 6.78. The first-order chi connectivity index (χ1) is 12.0. The van der Waals surface area contributed by atoms with Crippen LogP contribution in [-0.4, -0.2) is 31.6 Å². The third-order valence-corrected chi connectivity index (χ3v) is 5.03. The summed E-state index contributed by atoms with van der Waals surface area (Å²) in [7, 11) is 0. The maximum atomic E-state index is 12.6. The molecule has 1 saturated heterocycles. The Hall–Kier alpha value is -1.92. The predicted molar refractivity (Wildman–Crippen MR) is 97.9 cm³/mol. The van der Waals surface area contributed by atoms with Gasteiger partial charge in [-0.3, -0.25) is 9.59 Å².